The quantitative estimate of drug-likeness (QED) is 0.675. The predicted molar refractivity (Wildman–Crippen MR) is 114 cm³/mol. The summed E-state index contributed by atoms with van der Waals surface area (Å²) in [6.07, 6.45) is 1.32. The molecular formula is C23H29ClN2O2. The Labute approximate surface area is 172 Å². The smallest absolute Gasteiger partial charge is 0.243 e. The third kappa shape index (κ3) is 6.38. The third-order valence-corrected chi connectivity index (χ3v) is 4.80. The van der Waals surface area contributed by atoms with Crippen molar-refractivity contribution < 1.29 is 9.59 Å². The maximum Gasteiger partial charge on any atom is 0.243 e. The average Bonchev–Trinajstić information content (AvgIpc) is 2.70. The number of carbonyl (C=O) groups excluding carboxylic acids is 2. The molecule has 4 nitrogen and oxygen atoms in total. The predicted octanol–water partition coefficient (Wildman–Crippen LogP) is 4.46. The van der Waals surface area contributed by atoms with Gasteiger partial charge in [0.2, 0.25) is 11.8 Å². The molecule has 1 atom stereocenters. The molecule has 28 heavy (non-hydrogen) atoms. The monoisotopic (exact) mass is 400 g/mol. The number of rotatable bonds is 9. The Morgan fingerprint density at radius 3 is 2.21 bits per heavy atom. The molecule has 2 amide bonds. The van der Waals surface area contributed by atoms with E-state index in [1.807, 2.05) is 63.2 Å². The van der Waals surface area contributed by atoms with E-state index in [1.165, 1.54) is 0 Å². The second-order valence-electron chi connectivity index (χ2n) is 7.24. The number of benzene rings is 2. The van der Waals surface area contributed by atoms with Gasteiger partial charge in [0.15, 0.2) is 0 Å². The zero-order chi connectivity index (χ0) is 20.5. The van der Waals surface area contributed by atoms with Gasteiger partial charge in [-0.2, -0.15) is 0 Å². The summed E-state index contributed by atoms with van der Waals surface area (Å²) in [5.74, 6) is -0.360. The summed E-state index contributed by atoms with van der Waals surface area (Å²) < 4.78 is 0. The van der Waals surface area contributed by atoms with Crippen LogP contribution in [0.4, 0.5) is 0 Å². The van der Waals surface area contributed by atoms with Crippen LogP contribution in [0.2, 0.25) is 5.02 Å². The normalized spacial score (nSPS) is 11.9. The van der Waals surface area contributed by atoms with E-state index in [4.69, 9.17) is 11.6 Å². The number of hydrogen-bond acceptors (Lipinski definition) is 2. The molecule has 5 heteroatoms. The summed E-state index contributed by atoms with van der Waals surface area (Å²) in [6.45, 7) is 6.69. The molecule has 2 rings (SSSR count). The van der Waals surface area contributed by atoms with Crippen LogP contribution in [-0.4, -0.2) is 29.3 Å². The molecule has 0 bridgehead atoms. The maximum atomic E-state index is 13.0. The van der Waals surface area contributed by atoms with Crippen molar-refractivity contribution in [3.63, 3.8) is 0 Å². The minimum absolute atomic E-state index is 0.0393. The van der Waals surface area contributed by atoms with Gasteiger partial charge in [-0.25, -0.2) is 0 Å². The highest BCUT2D eigenvalue weighted by atomic mass is 35.5. The second-order valence-corrected chi connectivity index (χ2v) is 7.68. The van der Waals surface area contributed by atoms with Gasteiger partial charge in [-0.05, 0) is 29.7 Å². The van der Waals surface area contributed by atoms with Crippen LogP contribution in [-0.2, 0) is 22.6 Å². The number of nitrogens with zero attached hydrogens (tertiary/aromatic N) is 1. The fourth-order valence-electron chi connectivity index (χ4n) is 3.01. The molecule has 0 aliphatic heterocycles. The molecule has 1 N–H and O–H groups in total. The summed E-state index contributed by atoms with van der Waals surface area (Å²) in [7, 11) is 0. The average molecular weight is 401 g/mol. The molecule has 150 valence electrons. The van der Waals surface area contributed by atoms with E-state index < -0.39 is 6.04 Å². The molecule has 0 saturated heterocycles. The highest BCUT2D eigenvalue weighted by Crippen LogP contribution is 2.18. The summed E-state index contributed by atoms with van der Waals surface area (Å²) >= 11 is 5.99. The minimum atomic E-state index is -0.570. The van der Waals surface area contributed by atoms with Gasteiger partial charge in [0, 0.05) is 30.5 Å². The molecule has 2 aromatic carbocycles. The lowest BCUT2D eigenvalue weighted by atomic mass is 10.0. The van der Waals surface area contributed by atoms with Crippen molar-refractivity contribution in [1.82, 2.24) is 10.2 Å². The lowest BCUT2D eigenvalue weighted by molar-refractivity contribution is -0.143. The van der Waals surface area contributed by atoms with Crippen molar-refractivity contribution in [1.29, 1.82) is 0 Å². The lowest BCUT2D eigenvalue weighted by Crippen LogP contribution is -2.51. The van der Waals surface area contributed by atoms with Crippen molar-refractivity contribution >= 4 is 23.4 Å². The molecule has 0 radical (unpaired) electrons. The molecular weight excluding hydrogens is 372 g/mol. The van der Waals surface area contributed by atoms with Crippen LogP contribution < -0.4 is 5.32 Å². The van der Waals surface area contributed by atoms with Gasteiger partial charge in [0.1, 0.15) is 6.04 Å². The highest BCUT2D eigenvalue weighted by molar-refractivity contribution is 6.30. The van der Waals surface area contributed by atoms with Crippen LogP contribution >= 0.6 is 11.6 Å². The maximum absolute atomic E-state index is 13.0. The standard InChI is InChI=1S/C23H29ClN2O2/c1-4-14-25-22(27)21(15-18-8-6-5-7-9-18)26(23(28)17(2)3)16-19-10-12-20(24)13-11-19/h5-13,17,21H,4,14-16H2,1-3H3,(H,25,27)/t21-/m0/s1. The molecule has 0 aliphatic rings. The van der Waals surface area contributed by atoms with Crippen molar-refractivity contribution in [3.8, 4) is 0 Å². The Bertz CT molecular complexity index is 760. The number of carbonyl (C=O) groups is 2. The van der Waals surface area contributed by atoms with Crippen LogP contribution in [0, 0.1) is 5.92 Å². The first kappa shape index (κ1) is 22.0. The van der Waals surface area contributed by atoms with Gasteiger partial charge >= 0.3 is 0 Å². The first-order valence-electron chi connectivity index (χ1n) is 9.79. The van der Waals surface area contributed by atoms with Crippen LogP contribution in [0.15, 0.2) is 54.6 Å². The van der Waals surface area contributed by atoms with Gasteiger partial charge in [0.25, 0.3) is 0 Å². The molecule has 2 aromatic rings. The van der Waals surface area contributed by atoms with Crippen LogP contribution in [0.25, 0.3) is 0 Å². The molecule has 0 aliphatic carbocycles. The topological polar surface area (TPSA) is 49.4 Å². The molecule has 0 unspecified atom stereocenters. The van der Waals surface area contributed by atoms with Crippen molar-refractivity contribution in [2.45, 2.75) is 46.2 Å². The summed E-state index contributed by atoms with van der Waals surface area (Å²) in [6, 6.07) is 16.6. The zero-order valence-electron chi connectivity index (χ0n) is 16.8. The molecule has 0 spiro atoms. The first-order valence-corrected chi connectivity index (χ1v) is 10.2. The van der Waals surface area contributed by atoms with Crippen LogP contribution in [0.1, 0.15) is 38.3 Å². The fourth-order valence-corrected chi connectivity index (χ4v) is 3.13. The number of halogens is 1. The second kappa shape index (κ2) is 10.9. The van der Waals surface area contributed by atoms with E-state index in [2.05, 4.69) is 5.32 Å². The molecule has 0 heterocycles. The van der Waals surface area contributed by atoms with E-state index in [-0.39, 0.29) is 17.7 Å². The van der Waals surface area contributed by atoms with E-state index >= 15 is 0 Å². The van der Waals surface area contributed by atoms with Crippen molar-refractivity contribution in [3.05, 3.63) is 70.7 Å². The van der Waals surface area contributed by atoms with Crippen LogP contribution in [0.5, 0.6) is 0 Å². The lowest BCUT2D eigenvalue weighted by Gasteiger charge is -2.32. The summed E-state index contributed by atoms with van der Waals surface area (Å²) in [5, 5.41) is 3.61. The first-order chi connectivity index (χ1) is 13.4. The van der Waals surface area contributed by atoms with Gasteiger partial charge < -0.3 is 10.2 Å². The van der Waals surface area contributed by atoms with Crippen molar-refractivity contribution in [2.75, 3.05) is 6.54 Å². The highest BCUT2D eigenvalue weighted by Gasteiger charge is 2.31. The molecule has 0 saturated carbocycles. The SMILES string of the molecule is CCCNC(=O)[C@H](Cc1ccccc1)N(Cc1ccc(Cl)cc1)C(=O)C(C)C. The summed E-state index contributed by atoms with van der Waals surface area (Å²) in [5.41, 5.74) is 1.97. The number of hydrogen-bond donors (Lipinski definition) is 1. The minimum Gasteiger partial charge on any atom is -0.354 e. The van der Waals surface area contributed by atoms with E-state index in [9.17, 15) is 9.59 Å². The Hall–Kier alpha value is -2.33. The Balaban J connectivity index is 2.35. The van der Waals surface area contributed by atoms with Gasteiger partial charge in [-0.15, -0.1) is 0 Å². The third-order valence-electron chi connectivity index (χ3n) is 4.54. The molecule has 0 aromatic heterocycles. The largest absolute Gasteiger partial charge is 0.354 e. The summed E-state index contributed by atoms with van der Waals surface area (Å²) in [4.78, 5) is 27.7. The van der Waals surface area contributed by atoms with Gasteiger partial charge in [0.05, 0.1) is 0 Å². The zero-order valence-corrected chi connectivity index (χ0v) is 17.6. The Kier molecular flexibility index (Phi) is 8.52. The van der Waals surface area contributed by atoms with E-state index in [0.29, 0.717) is 24.5 Å². The number of nitrogens with one attached hydrogen (secondary N) is 1. The fraction of sp³-hybridized carbons (Fsp3) is 0.391. The van der Waals surface area contributed by atoms with Gasteiger partial charge in [-0.3, -0.25) is 9.59 Å². The van der Waals surface area contributed by atoms with Gasteiger partial charge in [-0.1, -0.05) is 74.8 Å². The Morgan fingerprint density at radius 2 is 1.64 bits per heavy atom. The van der Waals surface area contributed by atoms with Crippen molar-refractivity contribution in [2.24, 2.45) is 5.92 Å². The number of amides is 2. The van der Waals surface area contributed by atoms with E-state index in [1.54, 1.807) is 17.0 Å². The Morgan fingerprint density at radius 1 is 1.00 bits per heavy atom. The van der Waals surface area contributed by atoms with E-state index in [0.717, 1.165) is 17.5 Å². The molecule has 0 fully saturated rings. The van der Waals surface area contributed by atoms with Crippen LogP contribution in [0.3, 0.4) is 0 Å².